The predicted octanol–water partition coefficient (Wildman–Crippen LogP) is 2.21. The smallest absolute Gasteiger partial charge is 0.276 e. The normalized spacial score (nSPS) is 29.3. The van der Waals surface area contributed by atoms with Gasteiger partial charge in [-0.15, -0.1) is 0 Å². The molecule has 25 heavy (non-hydrogen) atoms. The fraction of sp³-hybridized carbons (Fsp3) is 0.353. The molecule has 0 radical (unpaired) electrons. The van der Waals surface area contributed by atoms with E-state index < -0.39 is 5.91 Å². The maximum Gasteiger partial charge on any atom is 0.276 e. The minimum Gasteiger partial charge on any atom is -0.482 e. The van der Waals surface area contributed by atoms with Crippen LogP contribution in [0.5, 0.6) is 5.75 Å². The number of nitrogens with zero attached hydrogens (tertiary/aromatic N) is 1. The standard InChI is InChI=1S/C17H14Cl2N2O4/c18-10-3-4-12(11(19)6-10)25-7-13(22)20-21-16(23)14-8-1-2-9(5-8)15(14)17(21)24/h1-4,6,8-9,14-15H,5,7H2,(H,20,22)/t8-,9-,14-,15-/m0/s1. The van der Waals surface area contributed by atoms with Crippen LogP contribution in [0.2, 0.25) is 10.0 Å². The average molecular weight is 381 g/mol. The number of benzene rings is 1. The van der Waals surface area contributed by atoms with Crippen LogP contribution in [0.25, 0.3) is 0 Å². The van der Waals surface area contributed by atoms with Gasteiger partial charge in [0, 0.05) is 5.02 Å². The molecule has 3 aliphatic rings. The number of fused-ring (bicyclic) bond motifs is 5. The van der Waals surface area contributed by atoms with Crippen LogP contribution in [0.1, 0.15) is 6.42 Å². The Morgan fingerprint density at radius 1 is 1.16 bits per heavy atom. The molecule has 1 aromatic carbocycles. The van der Waals surface area contributed by atoms with E-state index in [1.165, 1.54) is 12.1 Å². The summed E-state index contributed by atoms with van der Waals surface area (Å²) in [7, 11) is 0. The van der Waals surface area contributed by atoms with Crippen LogP contribution >= 0.6 is 23.2 Å². The number of halogens is 2. The van der Waals surface area contributed by atoms with Crippen molar-refractivity contribution >= 4 is 40.9 Å². The monoisotopic (exact) mass is 380 g/mol. The molecule has 1 saturated heterocycles. The van der Waals surface area contributed by atoms with Crippen molar-refractivity contribution < 1.29 is 19.1 Å². The van der Waals surface area contributed by atoms with Gasteiger partial charge in [-0.1, -0.05) is 35.4 Å². The van der Waals surface area contributed by atoms with Crippen molar-refractivity contribution in [1.29, 1.82) is 0 Å². The van der Waals surface area contributed by atoms with Crippen LogP contribution in [0.15, 0.2) is 30.4 Å². The molecule has 0 spiro atoms. The number of imide groups is 1. The Bertz CT molecular complexity index is 780. The van der Waals surface area contributed by atoms with E-state index in [2.05, 4.69) is 5.43 Å². The molecule has 0 unspecified atom stereocenters. The molecule has 3 amide bonds. The fourth-order valence-electron chi connectivity index (χ4n) is 3.91. The largest absolute Gasteiger partial charge is 0.482 e. The number of nitrogens with one attached hydrogen (secondary N) is 1. The molecule has 4 rings (SSSR count). The lowest BCUT2D eigenvalue weighted by Crippen LogP contribution is -2.48. The molecule has 2 fully saturated rings. The summed E-state index contributed by atoms with van der Waals surface area (Å²) >= 11 is 11.8. The molecular formula is C17H14Cl2N2O4. The summed E-state index contributed by atoms with van der Waals surface area (Å²) in [6.07, 6.45) is 4.83. The van der Waals surface area contributed by atoms with E-state index in [0.717, 1.165) is 11.4 Å². The number of ether oxygens (including phenoxy) is 1. The van der Waals surface area contributed by atoms with Crippen LogP contribution in [-0.2, 0) is 14.4 Å². The van der Waals surface area contributed by atoms with Gasteiger partial charge in [0.1, 0.15) is 5.75 Å². The minimum atomic E-state index is -0.604. The van der Waals surface area contributed by atoms with E-state index in [9.17, 15) is 14.4 Å². The Hall–Kier alpha value is -2.05. The Balaban J connectivity index is 1.38. The Labute approximate surface area is 153 Å². The highest BCUT2D eigenvalue weighted by molar-refractivity contribution is 6.35. The van der Waals surface area contributed by atoms with E-state index in [4.69, 9.17) is 27.9 Å². The van der Waals surface area contributed by atoms with E-state index >= 15 is 0 Å². The van der Waals surface area contributed by atoms with Gasteiger partial charge in [0.15, 0.2) is 6.61 Å². The first kappa shape index (κ1) is 16.4. The topological polar surface area (TPSA) is 75.7 Å². The number of hydrogen-bond acceptors (Lipinski definition) is 4. The van der Waals surface area contributed by atoms with Gasteiger partial charge in [0.2, 0.25) is 0 Å². The highest BCUT2D eigenvalue weighted by atomic mass is 35.5. The maximum absolute atomic E-state index is 12.5. The van der Waals surface area contributed by atoms with Gasteiger partial charge in [-0.3, -0.25) is 19.8 Å². The third kappa shape index (κ3) is 2.69. The van der Waals surface area contributed by atoms with Crippen LogP contribution in [-0.4, -0.2) is 29.3 Å². The van der Waals surface area contributed by atoms with Crippen LogP contribution in [0, 0.1) is 23.7 Å². The molecule has 1 N–H and O–H groups in total. The lowest BCUT2D eigenvalue weighted by Gasteiger charge is -2.18. The van der Waals surface area contributed by atoms with Crippen LogP contribution in [0.4, 0.5) is 0 Å². The van der Waals surface area contributed by atoms with Crippen molar-refractivity contribution in [3.05, 3.63) is 40.4 Å². The van der Waals surface area contributed by atoms with Gasteiger partial charge in [-0.05, 0) is 36.5 Å². The van der Waals surface area contributed by atoms with Gasteiger partial charge >= 0.3 is 0 Å². The van der Waals surface area contributed by atoms with Gasteiger partial charge in [-0.25, -0.2) is 0 Å². The molecule has 2 aliphatic carbocycles. The van der Waals surface area contributed by atoms with Crippen molar-refractivity contribution in [2.24, 2.45) is 23.7 Å². The lowest BCUT2D eigenvalue weighted by molar-refractivity contribution is -0.150. The summed E-state index contributed by atoms with van der Waals surface area (Å²) in [5.41, 5.74) is 2.35. The molecule has 8 heteroatoms. The van der Waals surface area contributed by atoms with Crippen LogP contribution < -0.4 is 10.2 Å². The molecule has 1 aromatic rings. The van der Waals surface area contributed by atoms with Crippen molar-refractivity contribution in [3.8, 4) is 5.75 Å². The molecule has 1 aliphatic heterocycles. The summed E-state index contributed by atoms with van der Waals surface area (Å²) in [6, 6.07) is 4.61. The lowest BCUT2D eigenvalue weighted by atomic mass is 9.85. The number of rotatable bonds is 4. The van der Waals surface area contributed by atoms with Crippen molar-refractivity contribution in [2.45, 2.75) is 6.42 Å². The zero-order chi connectivity index (χ0) is 17.7. The summed E-state index contributed by atoms with van der Waals surface area (Å²) in [6.45, 7) is -0.376. The van der Waals surface area contributed by atoms with Crippen molar-refractivity contribution in [2.75, 3.05) is 6.61 Å². The molecule has 1 heterocycles. The summed E-state index contributed by atoms with van der Waals surface area (Å²) in [4.78, 5) is 37.0. The third-order valence-electron chi connectivity index (χ3n) is 4.96. The second kappa shape index (κ2) is 6.04. The third-order valence-corrected chi connectivity index (χ3v) is 5.49. The minimum absolute atomic E-state index is 0.0949. The molecule has 130 valence electrons. The second-order valence-corrected chi connectivity index (χ2v) is 7.25. The number of hydrazine groups is 1. The Morgan fingerprint density at radius 2 is 1.80 bits per heavy atom. The maximum atomic E-state index is 12.5. The van der Waals surface area contributed by atoms with E-state index in [0.29, 0.717) is 10.8 Å². The zero-order valence-corrected chi connectivity index (χ0v) is 14.5. The predicted molar refractivity (Wildman–Crippen MR) is 89.7 cm³/mol. The van der Waals surface area contributed by atoms with Gasteiger partial charge < -0.3 is 4.74 Å². The number of carbonyl (C=O) groups is 3. The zero-order valence-electron chi connectivity index (χ0n) is 12.9. The van der Waals surface area contributed by atoms with Crippen molar-refractivity contribution in [3.63, 3.8) is 0 Å². The van der Waals surface area contributed by atoms with E-state index in [1.54, 1.807) is 6.07 Å². The van der Waals surface area contributed by atoms with Crippen LogP contribution in [0.3, 0.4) is 0 Å². The number of carbonyl (C=O) groups excluding carboxylic acids is 3. The first-order valence-corrected chi connectivity index (χ1v) is 8.65. The first-order chi connectivity index (χ1) is 12.0. The summed E-state index contributed by atoms with van der Waals surface area (Å²) in [5, 5.41) is 1.56. The molecular weight excluding hydrogens is 367 g/mol. The quantitative estimate of drug-likeness (QED) is 0.641. The molecule has 2 bridgehead atoms. The SMILES string of the molecule is O=C(COc1ccc(Cl)cc1Cl)NN1C(=O)[C@@H]2[C@@H](C1=O)[C@H]1C=C[C@H]2C1. The number of amides is 3. The molecule has 1 saturated carbocycles. The number of allylic oxidation sites excluding steroid dienone is 2. The second-order valence-electron chi connectivity index (χ2n) is 6.41. The van der Waals surface area contributed by atoms with Crippen molar-refractivity contribution in [1.82, 2.24) is 10.4 Å². The molecule has 0 aromatic heterocycles. The Kier molecular flexibility index (Phi) is 3.96. The summed E-state index contributed by atoms with van der Waals surface area (Å²) in [5.74, 6) is -1.51. The highest BCUT2D eigenvalue weighted by Gasteiger charge is 2.59. The van der Waals surface area contributed by atoms with E-state index in [1.807, 2.05) is 12.2 Å². The van der Waals surface area contributed by atoms with Gasteiger partial charge in [0.05, 0.1) is 16.9 Å². The fourth-order valence-corrected chi connectivity index (χ4v) is 4.37. The number of hydrogen-bond donors (Lipinski definition) is 1. The molecule has 4 atom stereocenters. The average Bonchev–Trinajstić information content (AvgIpc) is 3.24. The van der Waals surface area contributed by atoms with Gasteiger partial charge in [0.25, 0.3) is 17.7 Å². The Morgan fingerprint density at radius 3 is 2.40 bits per heavy atom. The van der Waals surface area contributed by atoms with Gasteiger partial charge in [-0.2, -0.15) is 5.01 Å². The molecule has 6 nitrogen and oxygen atoms in total. The summed E-state index contributed by atoms with van der Waals surface area (Å²) < 4.78 is 5.32. The highest BCUT2D eigenvalue weighted by Crippen LogP contribution is 2.52. The first-order valence-electron chi connectivity index (χ1n) is 7.89. The van der Waals surface area contributed by atoms with E-state index in [-0.39, 0.29) is 47.1 Å².